The van der Waals surface area contributed by atoms with E-state index in [0.717, 1.165) is 5.56 Å². The third kappa shape index (κ3) is 1.89. The minimum Gasteiger partial charge on any atom is -0.386 e. The van der Waals surface area contributed by atoms with Gasteiger partial charge in [-0.25, -0.2) is 0 Å². The van der Waals surface area contributed by atoms with Crippen LogP contribution in [0.3, 0.4) is 0 Å². The SMILES string of the molecule is CC(C)(O)c1ccc(C2CC2)nc1. The Bertz CT molecular complexity index is 293. The van der Waals surface area contributed by atoms with Gasteiger partial charge < -0.3 is 5.11 Å². The Labute approximate surface area is 78.6 Å². The molecule has 0 bridgehead atoms. The Kier molecular flexibility index (Phi) is 1.88. The zero-order chi connectivity index (χ0) is 9.47. The zero-order valence-corrected chi connectivity index (χ0v) is 8.12. The van der Waals surface area contributed by atoms with E-state index < -0.39 is 5.60 Å². The lowest BCUT2D eigenvalue weighted by Crippen LogP contribution is -2.15. The largest absolute Gasteiger partial charge is 0.386 e. The summed E-state index contributed by atoms with van der Waals surface area (Å²) >= 11 is 0. The number of pyridine rings is 1. The van der Waals surface area contributed by atoms with Crippen molar-refractivity contribution in [2.24, 2.45) is 0 Å². The maximum Gasteiger partial charge on any atom is 0.0855 e. The smallest absolute Gasteiger partial charge is 0.0855 e. The predicted octanol–water partition coefficient (Wildman–Crippen LogP) is 2.19. The fourth-order valence-electron chi connectivity index (χ4n) is 1.39. The summed E-state index contributed by atoms with van der Waals surface area (Å²) in [5, 5.41) is 9.69. The topological polar surface area (TPSA) is 33.1 Å². The predicted molar refractivity (Wildman–Crippen MR) is 51.5 cm³/mol. The van der Waals surface area contributed by atoms with Crippen LogP contribution in [0.25, 0.3) is 0 Å². The van der Waals surface area contributed by atoms with Gasteiger partial charge in [0.05, 0.1) is 5.60 Å². The van der Waals surface area contributed by atoms with E-state index in [1.807, 2.05) is 12.1 Å². The summed E-state index contributed by atoms with van der Waals surface area (Å²) in [7, 11) is 0. The van der Waals surface area contributed by atoms with Gasteiger partial charge >= 0.3 is 0 Å². The molecule has 0 amide bonds. The van der Waals surface area contributed by atoms with Crippen LogP contribution in [0.15, 0.2) is 18.3 Å². The van der Waals surface area contributed by atoms with E-state index in [1.165, 1.54) is 18.5 Å². The highest BCUT2D eigenvalue weighted by Gasteiger charge is 2.25. The monoisotopic (exact) mass is 177 g/mol. The van der Waals surface area contributed by atoms with Crippen LogP contribution in [0.2, 0.25) is 0 Å². The molecule has 2 rings (SSSR count). The number of hydrogen-bond donors (Lipinski definition) is 1. The third-order valence-electron chi connectivity index (χ3n) is 2.49. The van der Waals surface area contributed by atoms with Gasteiger partial charge in [-0.05, 0) is 32.8 Å². The highest BCUT2D eigenvalue weighted by molar-refractivity contribution is 5.23. The Morgan fingerprint density at radius 2 is 2.08 bits per heavy atom. The van der Waals surface area contributed by atoms with Crippen LogP contribution in [0.4, 0.5) is 0 Å². The molecule has 1 N–H and O–H groups in total. The Morgan fingerprint density at radius 3 is 2.46 bits per heavy atom. The highest BCUT2D eigenvalue weighted by atomic mass is 16.3. The fourth-order valence-corrected chi connectivity index (χ4v) is 1.39. The molecule has 0 radical (unpaired) electrons. The normalized spacial score (nSPS) is 17.5. The maximum atomic E-state index is 9.69. The van der Waals surface area contributed by atoms with Gasteiger partial charge in [0.2, 0.25) is 0 Å². The van der Waals surface area contributed by atoms with Gasteiger partial charge in [-0.1, -0.05) is 6.07 Å². The first-order chi connectivity index (χ1) is 6.07. The molecular weight excluding hydrogens is 162 g/mol. The van der Waals surface area contributed by atoms with Gasteiger partial charge in [0.15, 0.2) is 0 Å². The molecule has 0 spiro atoms. The van der Waals surface area contributed by atoms with Crippen LogP contribution in [-0.4, -0.2) is 10.1 Å². The average molecular weight is 177 g/mol. The Morgan fingerprint density at radius 1 is 1.38 bits per heavy atom. The average Bonchev–Trinajstić information content (AvgIpc) is 2.85. The van der Waals surface area contributed by atoms with E-state index >= 15 is 0 Å². The molecule has 1 saturated carbocycles. The van der Waals surface area contributed by atoms with Crippen LogP contribution in [0.5, 0.6) is 0 Å². The minimum absolute atomic E-state index is 0.691. The molecule has 1 aliphatic rings. The number of nitrogens with zero attached hydrogens (tertiary/aromatic N) is 1. The van der Waals surface area contributed by atoms with E-state index in [9.17, 15) is 5.11 Å². The molecule has 0 atom stereocenters. The molecule has 1 aromatic heterocycles. The number of rotatable bonds is 2. The fraction of sp³-hybridized carbons (Fsp3) is 0.545. The van der Waals surface area contributed by atoms with E-state index in [-0.39, 0.29) is 0 Å². The van der Waals surface area contributed by atoms with Crippen molar-refractivity contribution in [1.82, 2.24) is 4.98 Å². The molecule has 2 heteroatoms. The van der Waals surface area contributed by atoms with Gasteiger partial charge in [-0.15, -0.1) is 0 Å². The van der Waals surface area contributed by atoms with Crippen molar-refractivity contribution < 1.29 is 5.11 Å². The summed E-state index contributed by atoms with van der Waals surface area (Å²) in [5.74, 6) is 0.691. The molecule has 1 aliphatic carbocycles. The van der Waals surface area contributed by atoms with Crippen molar-refractivity contribution in [1.29, 1.82) is 0 Å². The van der Waals surface area contributed by atoms with Gasteiger partial charge in [-0.2, -0.15) is 0 Å². The van der Waals surface area contributed by atoms with Crippen molar-refractivity contribution in [3.05, 3.63) is 29.6 Å². The molecular formula is C11H15NO. The van der Waals surface area contributed by atoms with Gasteiger partial charge in [0, 0.05) is 23.4 Å². The lowest BCUT2D eigenvalue weighted by molar-refractivity contribution is 0.0782. The van der Waals surface area contributed by atoms with Crippen molar-refractivity contribution in [2.45, 2.75) is 38.2 Å². The summed E-state index contributed by atoms with van der Waals surface area (Å²) in [4.78, 5) is 4.35. The molecule has 0 unspecified atom stereocenters. The van der Waals surface area contributed by atoms with Crippen molar-refractivity contribution >= 4 is 0 Å². The summed E-state index contributed by atoms with van der Waals surface area (Å²) in [6, 6.07) is 4.01. The number of hydrogen-bond acceptors (Lipinski definition) is 2. The second kappa shape index (κ2) is 2.81. The van der Waals surface area contributed by atoms with Crippen LogP contribution in [-0.2, 0) is 5.60 Å². The van der Waals surface area contributed by atoms with Crippen LogP contribution >= 0.6 is 0 Å². The lowest BCUT2D eigenvalue weighted by Gasteiger charge is -2.17. The number of aliphatic hydroxyl groups is 1. The molecule has 0 saturated heterocycles. The van der Waals surface area contributed by atoms with E-state index in [1.54, 1.807) is 20.0 Å². The van der Waals surface area contributed by atoms with Crippen molar-refractivity contribution in [3.63, 3.8) is 0 Å². The molecule has 0 aromatic carbocycles. The molecule has 13 heavy (non-hydrogen) atoms. The van der Waals surface area contributed by atoms with E-state index in [0.29, 0.717) is 5.92 Å². The first-order valence-electron chi connectivity index (χ1n) is 4.76. The van der Waals surface area contributed by atoms with Crippen LogP contribution in [0, 0.1) is 0 Å². The number of aromatic nitrogens is 1. The van der Waals surface area contributed by atoms with E-state index in [2.05, 4.69) is 4.98 Å². The maximum absolute atomic E-state index is 9.69. The summed E-state index contributed by atoms with van der Waals surface area (Å²) in [5.41, 5.74) is 1.29. The van der Waals surface area contributed by atoms with E-state index in [4.69, 9.17) is 0 Å². The van der Waals surface area contributed by atoms with Gasteiger partial charge in [-0.3, -0.25) is 4.98 Å². The zero-order valence-electron chi connectivity index (χ0n) is 8.12. The van der Waals surface area contributed by atoms with Gasteiger partial charge in [0.25, 0.3) is 0 Å². The lowest BCUT2D eigenvalue weighted by atomic mass is 10.0. The first kappa shape index (κ1) is 8.70. The van der Waals surface area contributed by atoms with Crippen LogP contribution in [0.1, 0.15) is 43.9 Å². The summed E-state index contributed by atoms with van der Waals surface area (Å²) < 4.78 is 0. The van der Waals surface area contributed by atoms with Crippen molar-refractivity contribution in [2.75, 3.05) is 0 Å². The van der Waals surface area contributed by atoms with Crippen LogP contribution < -0.4 is 0 Å². The second-order valence-corrected chi connectivity index (χ2v) is 4.31. The molecule has 1 aromatic rings. The second-order valence-electron chi connectivity index (χ2n) is 4.31. The van der Waals surface area contributed by atoms with Crippen molar-refractivity contribution in [3.8, 4) is 0 Å². The molecule has 1 heterocycles. The summed E-state index contributed by atoms with van der Waals surface area (Å²) in [6.45, 7) is 3.56. The standard InChI is InChI=1S/C11H15NO/c1-11(2,13)9-5-6-10(12-7-9)8-3-4-8/h5-8,13H,3-4H2,1-2H3. The summed E-state index contributed by atoms with van der Waals surface area (Å²) in [6.07, 6.45) is 4.33. The first-order valence-corrected chi connectivity index (χ1v) is 4.76. The Balaban J connectivity index is 2.22. The molecule has 70 valence electrons. The molecule has 2 nitrogen and oxygen atoms in total. The molecule has 1 fully saturated rings. The quantitative estimate of drug-likeness (QED) is 0.751. The Hall–Kier alpha value is -0.890. The highest BCUT2D eigenvalue weighted by Crippen LogP contribution is 2.39. The van der Waals surface area contributed by atoms with Gasteiger partial charge in [0.1, 0.15) is 0 Å². The molecule has 0 aliphatic heterocycles. The third-order valence-corrected chi connectivity index (χ3v) is 2.49. The minimum atomic E-state index is -0.769.